The number of carbonyl (C=O) groups excluding carboxylic acids is 3. The van der Waals surface area contributed by atoms with Crippen LogP contribution in [0.15, 0.2) is 53.1 Å². The van der Waals surface area contributed by atoms with E-state index in [2.05, 4.69) is 4.98 Å². The van der Waals surface area contributed by atoms with Gasteiger partial charge >= 0.3 is 0 Å². The van der Waals surface area contributed by atoms with Crippen molar-refractivity contribution in [3.63, 3.8) is 0 Å². The Labute approximate surface area is 216 Å². The molecule has 5 rings (SSSR count). The number of aliphatic hydroxyl groups is 3. The first kappa shape index (κ1) is 24.9. The number of halogens is 1. The van der Waals surface area contributed by atoms with Crippen LogP contribution in [0.25, 0.3) is 11.1 Å². The van der Waals surface area contributed by atoms with Gasteiger partial charge in [-0.2, -0.15) is 0 Å². The minimum atomic E-state index is -2.67. The maximum absolute atomic E-state index is 13.7. The molecule has 6 N–H and O–H groups in total. The highest BCUT2D eigenvalue weighted by Gasteiger charge is 2.63. The smallest absolute Gasteiger partial charge is 0.255 e. The Morgan fingerprint density at radius 2 is 1.86 bits per heavy atom. The van der Waals surface area contributed by atoms with E-state index in [9.17, 15) is 34.8 Å². The topological polar surface area (TPSA) is 174 Å². The van der Waals surface area contributed by atoms with Gasteiger partial charge in [0.15, 0.2) is 11.4 Å². The Morgan fingerprint density at radius 1 is 1.16 bits per heavy atom. The molecule has 10 nitrogen and oxygen atoms in total. The summed E-state index contributed by atoms with van der Waals surface area (Å²) in [6.45, 7) is 0. The second-order valence-corrected chi connectivity index (χ2v) is 10.2. The van der Waals surface area contributed by atoms with Crippen LogP contribution in [0.1, 0.15) is 22.3 Å². The number of Topliss-reactive ketones (excluding diaryl/α,β-unsaturated/α-hetero) is 2. The molecule has 2 aromatic rings. The molecule has 0 saturated carbocycles. The van der Waals surface area contributed by atoms with Crippen molar-refractivity contribution in [1.82, 2.24) is 9.88 Å². The van der Waals surface area contributed by atoms with Crippen LogP contribution < -0.4 is 5.73 Å². The number of hydrogen-bond donors (Lipinski definition) is 5. The summed E-state index contributed by atoms with van der Waals surface area (Å²) in [6, 6.07) is 5.28. The maximum Gasteiger partial charge on any atom is 0.255 e. The number of hydrogen-bond acceptors (Lipinski definition) is 9. The standard InChI is InChI=1S/C26H24ClN3O7/c1-30(2)20-14-8-11-7-13-12(10-3-6-16(27)29-9-10)4-5-15(31)18(13)21(32)17(11)23(34)26(14,37)24(35)19(22(20)33)25(28)36/h3-6,9,11,14,20,31,33-34,37H,7-8H2,1-2H3,(H2,28,36). The van der Waals surface area contributed by atoms with Gasteiger partial charge in [-0.1, -0.05) is 17.7 Å². The van der Waals surface area contributed by atoms with E-state index < -0.39 is 58.0 Å². The first-order valence-electron chi connectivity index (χ1n) is 11.5. The number of ketones is 2. The zero-order valence-electron chi connectivity index (χ0n) is 19.9. The number of nitrogens with zero attached hydrogens (tertiary/aromatic N) is 2. The first-order valence-corrected chi connectivity index (χ1v) is 11.9. The number of benzene rings is 1. The molecule has 37 heavy (non-hydrogen) atoms. The molecule has 0 aliphatic heterocycles. The lowest BCUT2D eigenvalue weighted by atomic mass is 9.58. The van der Waals surface area contributed by atoms with Crippen molar-refractivity contribution < 1.29 is 34.8 Å². The molecule has 0 radical (unpaired) electrons. The summed E-state index contributed by atoms with van der Waals surface area (Å²) in [6.07, 6.45) is 1.73. The number of aliphatic hydroxyl groups excluding tert-OH is 2. The van der Waals surface area contributed by atoms with Gasteiger partial charge in [0.25, 0.3) is 5.91 Å². The largest absolute Gasteiger partial charge is 0.510 e. The van der Waals surface area contributed by atoms with E-state index in [1.54, 1.807) is 32.3 Å². The number of rotatable bonds is 3. The summed E-state index contributed by atoms with van der Waals surface area (Å²) in [4.78, 5) is 44.7. The molecule has 11 heteroatoms. The molecular formula is C26H24ClN3O7. The number of fused-ring (bicyclic) bond motifs is 3. The normalized spacial score (nSPS) is 27.2. The number of nitrogens with two attached hydrogens (primary N) is 1. The molecule has 0 spiro atoms. The second-order valence-electron chi connectivity index (χ2n) is 9.82. The molecular weight excluding hydrogens is 502 g/mol. The number of amides is 1. The Bertz CT molecular complexity index is 1450. The van der Waals surface area contributed by atoms with Crippen LogP contribution in [0.4, 0.5) is 0 Å². The van der Waals surface area contributed by atoms with Crippen LogP contribution in [-0.4, -0.2) is 73.5 Å². The van der Waals surface area contributed by atoms with Crippen LogP contribution >= 0.6 is 11.6 Å². The molecule has 0 fully saturated rings. The molecule has 1 heterocycles. The quantitative estimate of drug-likeness (QED) is 0.296. The number of pyridine rings is 1. The number of aromatic nitrogens is 1. The minimum absolute atomic E-state index is 0.0136. The lowest BCUT2D eigenvalue weighted by Crippen LogP contribution is -2.63. The highest BCUT2D eigenvalue weighted by atomic mass is 35.5. The molecule has 4 atom stereocenters. The number of phenolic OH excluding ortho intramolecular Hbond substituents is 1. The highest BCUT2D eigenvalue weighted by molar-refractivity contribution is 6.29. The average molecular weight is 526 g/mol. The van der Waals surface area contributed by atoms with E-state index in [1.807, 2.05) is 0 Å². The Hall–Kier alpha value is -3.73. The van der Waals surface area contributed by atoms with Crippen LogP contribution in [-0.2, 0) is 16.0 Å². The second kappa shape index (κ2) is 8.41. The monoisotopic (exact) mass is 525 g/mol. The molecule has 3 aliphatic carbocycles. The fraction of sp³-hybridized carbons (Fsp3) is 0.308. The number of primary amides is 1. The third-order valence-corrected chi connectivity index (χ3v) is 7.87. The van der Waals surface area contributed by atoms with Crippen molar-refractivity contribution in [2.75, 3.05) is 14.1 Å². The third-order valence-electron chi connectivity index (χ3n) is 7.64. The van der Waals surface area contributed by atoms with E-state index in [0.717, 1.165) is 0 Å². The molecule has 4 unspecified atom stereocenters. The number of likely N-dealkylation sites (N-methyl/N-ethyl adjacent to an activating group) is 1. The van der Waals surface area contributed by atoms with E-state index in [0.29, 0.717) is 16.7 Å². The summed E-state index contributed by atoms with van der Waals surface area (Å²) in [5.41, 5.74) is 3.37. The van der Waals surface area contributed by atoms with E-state index in [4.69, 9.17) is 17.3 Å². The predicted octanol–water partition coefficient (Wildman–Crippen LogP) is 1.84. The van der Waals surface area contributed by atoms with Crippen LogP contribution in [0.3, 0.4) is 0 Å². The van der Waals surface area contributed by atoms with Gasteiger partial charge < -0.3 is 26.2 Å². The number of phenols is 1. The Morgan fingerprint density at radius 3 is 2.46 bits per heavy atom. The molecule has 0 saturated heterocycles. The summed E-state index contributed by atoms with van der Waals surface area (Å²) < 4.78 is 0. The van der Waals surface area contributed by atoms with Crippen molar-refractivity contribution in [3.05, 3.63) is 69.4 Å². The van der Waals surface area contributed by atoms with Gasteiger partial charge in [0, 0.05) is 23.3 Å². The zero-order chi connectivity index (χ0) is 27.0. The van der Waals surface area contributed by atoms with Crippen LogP contribution in [0, 0.1) is 11.8 Å². The molecule has 0 bridgehead atoms. The SMILES string of the molecule is CN(C)C1C(O)=C(C(N)=O)C(=O)C2(O)C(O)=C3C(=O)c4c(O)ccc(-c5ccc(Cl)nc5)c4CC3CC12. The third kappa shape index (κ3) is 3.40. The summed E-state index contributed by atoms with van der Waals surface area (Å²) in [5, 5.41) is 44.7. The van der Waals surface area contributed by atoms with Crippen molar-refractivity contribution >= 4 is 29.1 Å². The summed E-state index contributed by atoms with van der Waals surface area (Å²) in [5.74, 6) is -6.86. The van der Waals surface area contributed by atoms with Crippen LogP contribution in [0.2, 0.25) is 5.15 Å². The van der Waals surface area contributed by atoms with Gasteiger partial charge in [0.05, 0.1) is 11.6 Å². The molecule has 1 aromatic heterocycles. The van der Waals surface area contributed by atoms with E-state index in [1.165, 1.54) is 17.2 Å². The lowest BCUT2D eigenvalue weighted by molar-refractivity contribution is -0.148. The number of carbonyl (C=O) groups is 3. The van der Waals surface area contributed by atoms with Crippen molar-refractivity contribution in [2.45, 2.75) is 24.5 Å². The first-order chi connectivity index (χ1) is 17.4. The van der Waals surface area contributed by atoms with Crippen molar-refractivity contribution in [3.8, 4) is 16.9 Å². The summed E-state index contributed by atoms with van der Waals surface area (Å²) in [7, 11) is 3.16. The number of allylic oxidation sites excluding steroid dienone is 1. The fourth-order valence-electron chi connectivity index (χ4n) is 6.06. The van der Waals surface area contributed by atoms with Gasteiger partial charge in [-0.05, 0) is 62.2 Å². The van der Waals surface area contributed by atoms with Gasteiger partial charge in [-0.15, -0.1) is 0 Å². The number of aromatic hydroxyl groups is 1. The fourth-order valence-corrected chi connectivity index (χ4v) is 6.17. The zero-order valence-corrected chi connectivity index (χ0v) is 20.7. The van der Waals surface area contributed by atoms with Gasteiger partial charge in [0.2, 0.25) is 5.78 Å². The maximum atomic E-state index is 13.7. The molecule has 1 amide bonds. The Balaban J connectivity index is 1.72. The lowest BCUT2D eigenvalue weighted by Gasteiger charge is -2.50. The average Bonchev–Trinajstić information content (AvgIpc) is 2.82. The van der Waals surface area contributed by atoms with Crippen molar-refractivity contribution in [2.24, 2.45) is 17.6 Å². The Kier molecular flexibility index (Phi) is 5.67. The molecule has 1 aromatic carbocycles. The molecule has 3 aliphatic rings. The van der Waals surface area contributed by atoms with Gasteiger partial charge in [-0.25, -0.2) is 4.98 Å². The minimum Gasteiger partial charge on any atom is -0.510 e. The predicted molar refractivity (Wildman–Crippen MR) is 132 cm³/mol. The van der Waals surface area contributed by atoms with Crippen LogP contribution in [0.5, 0.6) is 5.75 Å². The molecule has 192 valence electrons. The van der Waals surface area contributed by atoms with Gasteiger partial charge in [0.1, 0.15) is 28.0 Å². The van der Waals surface area contributed by atoms with Crippen molar-refractivity contribution in [1.29, 1.82) is 0 Å². The van der Waals surface area contributed by atoms with Gasteiger partial charge in [-0.3, -0.25) is 19.3 Å². The van der Waals surface area contributed by atoms with E-state index >= 15 is 0 Å². The highest BCUT2D eigenvalue weighted by Crippen LogP contribution is 2.53. The van der Waals surface area contributed by atoms with E-state index in [-0.39, 0.29) is 34.9 Å². The summed E-state index contributed by atoms with van der Waals surface area (Å²) >= 11 is 5.92.